The third kappa shape index (κ3) is 3.14. The molecule has 0 aromatic carbocycles. The molecule has 0 heterocycles. The molecule has 0 aromatic heterocycles. The Morgan fingerprint density at radius 3 is 2.43 bits per heavy atom. The standard InChI is InChI=1S/C27H46O/c1-19(2)9-8-10-20(3)22-11-12-23-21-13-18-27(28)16-7-6-15-26(27,5)24(21)14-17-25(22,23)4/h13,18-24,28H,6-12,14-17H2,1-5H3/t20-,21+,22-,23+,24+,25-,26-,27?/m1/s1. The lowest BCUT2D eigenvalue weighted by Gasteiger charge is -2.61. The molecule has 4 aliphatic carbocycles. The van der Waals surface area contributed by atoms with Crippen molar-refractivity contribution in [2.24, 2.45) is 46.3 Å². The molecule has 0 aliphatic heterocycles. The van der Waals surface area contributed by atoms with Gasteiger partial charge in [0.25, 0.3) is 0 Å². The Labute approximate surface area is 174 Å². The summed E-state index contributed by atoms with van der Waals surface area (Å²) in [5.74, 6) is 4.91. The summed E-state index contributed by atoms with van der Waals surface area (Å²) in [6.45, 7) is 12.4. The van der Waals surface area contributed by atoms with E-state index in [1.165, 1.54) is 64.2 Å². The minimum Gasteiger partial charge on any atom is -0.385 e. The van der Waals surface area contributed by atoms with Crippen molar-refractivity contribution in [1.29, 1.82) is 0 Å². The van der Waals surface area contributed by atoms with E-state index in [0.29, 0.717) is 11.3 Å². The van der Waals surface area contributed by atoms with E-state index in [1.54, 1.807) is 0 Å². The molecule has 8 atom stereocenters. The van der Waals surface area contributed by atoms with Crippen LogP contribution in [0.15, 0.2) is 12.2 Å². The fraction of sp³-hybridized carbons (Fsp3) is 0.926. The summed E-state index contributed by atoms with van der Waals surface area (Å²) in [5, 5.41) is 11.5. The van der Waals surface area contributed by atoms with Crippen molar-refractivity contribution in [3.05, 3.63) is 12.2 Å². The number of allylic oxidation sites excluding steroid dienone is 1. The van der Waals surface area contributed by atoms with Gasteiger partial charge in [0.1, 0.15) is 0 Å². The van der Waals surface area contributed by atoms with Crippen LogP contribution in [0.4, 0.5) is 0 Å². The summed E-state index contributed by atoms with van der Waals surface area (Å²) in [6.07, 6.45) is 19.4. The zero-order chi connectivity index (χ0) is 20.2. The Morgan fingerprint density at radius 2 is 1.68 bits per heavy atom. The minimum atomic E-state index is -0.525. The Kier molecular flexibility index (Phi) is 5.56. The summed E-state index contributed by atoms with van der Waals surface area (Å²) in [5.41, 5.74) is 0.124. The quantitative estimate of drug-likeness (QED) is 0.488. The van der Waals surface area contributed by atoms with Gasteiger partial charge in [-0.05, 0) is 79.4 Å². The molecular formula is C27H46O. The normalized spacial score (nSPS) is 48.8. The highest BCUT2D eigenvalue weighted by Crippen LogP contribution is 2.67. The first-order valence-corrected chi connectivity index (χ1v) is 12.6. The fourth-order valence-corrected chi connectivity index (χ4v) is 8.67. The topological polar surface area (TPSA) is 20.2 Å². The first-order valence-electron chi connectivity index (χ1n) is 12.6. The molecule has 4 rings (SSSR count). The summed E-state index contributed by atoms with van der Waals surface area (Å²) in [6, 6.07) is 0. The van der Waals surface area contributed by atoms with Crippen LogP contribution in [0.5, 0.6) is 0 Å². The average Bonchev–Trinajstić information content (AvgIpc) is 2.99. The van der Waals surface area contributed by atoms with Crippen molar-refractivity contribution in [3.8, 4) is 0 Å². The van der Waals surface area contributed by atoms with Crippen LogP contribution in [0.1, 0.15) is 105 Å². The van der Waals surface area contributed by atoms with Crippen LogP contribution in [-0.2, 0) is 0 Å². The first-order chi connectivity index (χ1) is 13.2. The van der Waals surface area contributed by atoms with Crippen molar-refractivity contribution in [2.75, 3.05) is 0 Å². The molecule has 0 radical (unpaired) electrons. The van der Waals surface area contributed by atoms with Crippen LogP contribution in [0.2, 0.25) is 0 Å². The van der Waals surface area contributed by atoms with Crippen LogP contribution < -0.4 is 0 Å². The van der Waals surface area contributed by atoms with Gasteiger partial charge in [0, 0.05) is 5.41 Å². The van der Waals surface area contributed by atoms with E-state index in [-0.39, 0.29) is 5.41 Å². The second kappa shape index (κ2) is 7.44. The van der Waals surface area contributed by atoms with E-state index in [1.807, 2.05) is 0 Å². The third-order valence-electron chi connectivity index (χ3n) is 10.4. The summed E-state index contributed by atoms with van der Waals surface area (Å²) in [4.78, 5) is 0. The molecule has 0 spiro atoms. The number of fused-ring (bicyclic) bond motifs is 5. The van der Waals surface area contributed by atoms with Gasteiger partial charge in [-0.15, -0.1) is 0 Å². The van der Waals surface area contributed by atoms with Crippen molar-refractivity contribution < 1.29 is 5.11 Å². The van der Waals surface area contributed by atoms with Crippen molar-refractivity contribution in [2.45, 2.75) is 111 Å². The number of aliphatic hydroxyl groups is 1. The Balaban J connectivity index is 1.52. The monoisotopic (exact) mass is 386 g/mol. The smallest absolute Gasteiger partial charge is 0.0883 e. The second-order valence-corrected chi connectivity index (χ2v) is 12.2. The SMILES string of the molecule is CC(C)CCC[C@@H](C)[C@H]1CC[C@H]2[C@@H]3C=CC4(O)CCCC[C@]4(C)[C@H]3CC[C@]12C. The van der Waals surface area contributed by atoms with Crippen molar-refractivity contribution >= 4 is 0 Å². The molecule has 1 unspecified atom stereocenters. The zero-order valence-electron chi connectivity index (χ0n) is 19.3. The minimum absolute atomic E-state index is 0.118. The van der Waals surface area contributed by atoms with Gasteiger partial charge in [-0.3, -0.25) is 0 Å². The van der Waals surface area contributed by atoms with E-state index in [2.05, 4.69) is 46.8 Å². The maximum Gasteiger partial charge on any atom is 0.0883 e. The summed E-state index contributed by atoms with van der Waals surface area (Å²) >= 11 is 0. The summed E-state index contributed by atoms with van der Waals surface area (Å²) < 4.78 is 0. The molecule has 4 aliphatic rings. The summed E-state index contributed by atoms with van der Waals surface area (Å²) in [7, 11) is 0. The predicted molar refractivity (Wildman–Crippen MR) is 119 cm³/mol. The molecule has 28 heavy (non-hydrogen) atoms. The maximum atomic E-state index is 11.5. The van der Waals surface area contributed by atoms with E-state index in [4.69, 9.17) is 0 Å². The largest absolute Gasteiger partial charge is 0.385 e. The Hall–Kier alpha value is -0.300. The lowest BCUT2D eigenvalue weighted by molar-refractivity contribution is -0.148. The highest BCUT2D eigenvalue weighted by molar-refractivity contribution is 5.24. The molecule has 1 nitrogen and oxygen atoms in total. The molecule has 160 valence electrons. The van der Waals surface area contributed by atoms with Crippen LogP contribution in [0, 0.1) is 46.3 Å². The Bertz CT molecular complexity index is 593. The molecule has 0 amide bonds. The van der Waals surface area contributed by atoms with E-state index in [9.17, 15) is 5.11 Å². The van der Waals surface area contributed by atoms with Gasteiger partial charge < -0.3 is 5.11 Å². The van der Waals surface area contributed by atoms with Crippen LogP contribution >= 0.6 is 0 Å². The highest BCUT2D eigenvalue weighted by atomic mass is 16.3. The molecule has 0 saturated heterocycles. The van der Waals surface area contributed by atoms with Crippen LogP contribution in [-0.4, -0.2) is 10.7 Å². The number of hydrogen-bond acceptors (Lipinski definition) is 1. The van der Waals surface area contributed by atoms with E-state index < -0.39 is 5.60 Å². The highest BCUT2D eigenvalue weighted by Gasteiger charge is 2.62. The van der Waals surface area contributed by atoms with Crippen molar-refractivity contribution in [1.82, 2.24) is 0 Å². The molecular weight excluding hydrogens is 340 g/mol. The van der Waals surface area contributed by atoms with Gasteiger partial charge in [-0.1, -0.05) is 78.9 Å². The van der Waals surface area contributed by atoms with Gasteiger partial charge in [0.2, 0.25) is 0 Å². The van der Waals surface area contributed by atoms with Crippen LogP contribution in [0.3, 0.4) is 0 Å². The average molecular weight is 387 g/mol. The maximum absolute atomic E-state index is 11.5. The van der Waals surface area contributed by atoms with E-state index in [0.717, 1.165) is 36.0 Å². The van der Waals surface area contributed by atoms with Crippen LogP contribution in [0.25, 0.3) is 0 Å². The molecule has 0 aromatic rings. The molecule has 3 saturated carbocycles. The first kappa shape index (κ1) is 21.0. The fourth-order valence-electron chi connectivity index (χ4n) is 8.67. The van der Waals surface area contributed by atoms with Gasteiger partial charge in [-0.25, -0.2) is 0 Å². The number of rotatable bonds is 5. The number of hydrogen-bond donors (Lipinski definition) is 1. The molecule has 1 heteroatoms. The Morgan fingerprint density at radius 1 is 0.929 bits per heavy atom. The second-order valence-electron chi connectivity index (χ2n) is 12.2. The van der Waals surface area contributed by atoms with Gasteiger partial charge in [0.15, 0.2) is 0 Å². The molecule has 0 bridgehead atoms. The lowest BCUT2D eigenvalue weighted by atomic mass is 9.45. The van der Waals surface area contributed by atoms with Gasteiger partial charge in [-0.2, -0.15) is 0 Å². The third-order valence-corrected chi connectivity index (χ3v) is 10.4. The predicted octanol–water partition coefficient (Wildman–Crippen LogP) is 7.39. The zero-order valence-corrected chi connectivity index (χ0v) is 19.3. The molecule has 3 fully saturated rings. The van der Waals surface area contributed by atoms with E-state index >= 15 is 0 Å². The molecule has 1 N–H and O–H groups in total. The van der Waals surface area contributed by atoms with Gasteiger partial charge >= 0.3 is 0 Å². The van der Waals surface area contributed by atoms with Gasteiger partial charge in [0.05, 0.1) is 5.60 Å². The lowest BCUT2D eigenvalue weighted by Crippen LogP contribution is -2.59. The van der Waals surface area contributed by atoms with Crippen molar-refractivity contribution in [3.63, 3.8) is 0 Å².